The van der Waals surface area contributed by atoms with Crippen molar-refractivity contribution in [3.05, 3.63) is 59.2 Å². The summed E-state index contributed by atoms with van der Waals surface area (Å²) in [7, 11) is 0.522. The van der Waals surface area contributed by atoms with Crippen LogP contribution in [0.15, 0.2) is 47.4 Å². The summed E-state index contributed by atoms with van der Waals surface area (Å²) in [5.41, 5.74) is 4.81. The lowest BCUT2D eigenvalue weighted by Crippen LogP contribution is -2.36. The fraction of sp³-hybridized carbons (Fsp3) is 0.500. The van der Waals surface area contributed by atoms with Crippen molar-refractivity contribution in [1.82, 2.24) is 9.62 Å². The molecule has 0 spiro atoms. The summed E-state index contributed by atoms with van der Waals surface area (Å²) in [6, 6.07) is 14.2. The summed E-state index contributed by atoms with van der Waals surface area (Å²) in [4.78, 5) is 4.87. The molecule has 4 rings (SSSR count). The molecule has 1 atom stereocenters. The lowest BCUT2D eigenvalue weighted by atomic mass is 9.92. The van der Waals surface area contributed by atoms with Crippen LogP contribution in [0.25, 0.3) is 0 Å². The second-order valence-electron chi connectivity index (χ2n) is 8.73. The van der Waals surface area contributed by atoms with E-state index in [2.05, 4.69) is 38.8 Å². The molecule has 1 aliphatic carbocycles. The molecule has 1 fully saturated rings. The lowest BCUT2D eigenvalue weighted by Gasteiger charge is -2.28. The van der Waals surface area contributed by atoms with E-state index in [0.717, 1.165) is 43.6 Å². The molecule has 1 N–H and O–H groups in total. The summed E-state index contributed by atoms with van der Waals surface area (Å²) < 4.78 is 29.1. The molecule has 5 nitrogen and oxygen atoms in total. The number of sulfonamides is 1. The Balaban J connectivity index is 1.53. The molecule has 2 aromatic rings. The Morgan fingerprint density at radius 3 is 2.27 bits per heavy atom. The minimum absolute atomic E-state index is 0.0520. The van der Waals surface area contributed by atoms with Gasteiger partial charge in [0.25, 0.3) is 0 Å². The summed E-state index contributed by atoms with van der Waals surface area (Å²) in [6.07, 6.45) is 6.72. The normalized spacial score (nSPS) is 18.2. The van der Waals surface area contributed by atoms with Crippen molar-refractivity contribution < 1.29 is 8.42 Å². The van der Waals surface area contributed by atoms with E-state index >= 15 is 0 Å². The zero-order valence-electron chi connectivity index (χ0n) is 18.1. The predicted molar refractivity (Wildman–Crippen MR) is 123 cm³/mol. The Morgan fingerprint density at radius 1 is 0.933 bits per heavy atom. The van der Waals surface area contributed by atoms with E-state index in [9.17, 15) is 8.42 Å². The maximum atomic E-state index is 13.1. The third-order valence-electron chi connectivity index (χ3n) is 6.47. The molecule has 1 unspecified atom stereocenters. The summed E-state index contributed by atoms with van der Waals surface area (Å²) >= 11 is 0. The van der Waals surface area contributed by atoms with Gasteiger partial charge >= 0.3 is 0 Å². The van der Waals surface area contributed by atoms with Crippen molar-refractivity contribution in [1.29, 1.82) is 0 Å². The van der Waals surface area contributed by atoms with Gasteiger partial charge in [-0.05, 0) is 92.6 Å². The van der Waals surface area contributed by atoms with Crippen LogP contribution in [0.2, 0.25) is 0 Å². The molecular formula is C24H33N3O2S. The molecule has 6 heteroatoms. The van der Waals surface area contributed by atoms with Crippen LogP contribution in [0.3, 0.4) is 0 Å². The second kappa shape index (κ2) is 9.08. The highest BCUT2D eigenvalue weighted by molar-refractivity contribution is 7.89. The fourth-order valence-electron chi connectivity index (χ4n) is 4.65. The minimum atomic E-state index is -3.53. The molecule has 0 radical (unpaired) electrons. The quantitative estimate of drug-likeness (QED) is 0.731. The number of nitrogens with one attached hydrogen (secondary N) is 1. The maximum absolute atomic E-state index is 13.1. The number of benzene rings is 2. The van der Waals surface area contributed by atoms with Crippen molar-refractivity contribution in [3.63, 3.8) is 0 Å². The van der Waals surface area contributed by atoms with Crippen LogP contribution in [-0.2, 0) is 22.9 Å². The van der Waals surface area contributed by atoms with Gasteiger partial charge in [0, 0.05) is 32.4 Å². The maximum Gasteiger partial charge on any atom is 0.240 e. The van der Waals surface area contributed by atoms with E-state index in [-0.39, 0.29) is 6.04 Å². The number of fused-ring (bicyclic) bond motifs is 1. The van der Waals surface area contributed by atoms with E-state index in [1.165, 1.54) is 30.4 Å². The Kier molecular flexibility index (Phi) is 6.46. The van der Waals surface area contributed by atoms with Crippen molar-refractivity contribution in [3.8, 4) is 0 Å². The lowest BCUT2D eigenvalue weighted by molar-refractivity contribution is 0.246. The standard InChI is InChI=1S/C24H33N3O2S/c1-26(2)22-12-9-20(10-13-22)24(27-15-5-6-16-27)18-25-30(28,29)23-14-11-19-7-3-4-8-21(19)17-23/h9-14,17,24-25H,3-8,15-16,18H2,1-2H3. The number of aryl methyl sites for hydroxylation is 2. The first-order valence-corrected chi connectivity index (χ1v) is 12.6. The van der Waals surface area contributed by atoms with E-state index in [1.807, 2.05) is 26.2 Å². The van der Waals surface area contributed by atoms with Gasteiger partial charge < -0.3 is 4.90 Å². The predicted octanol–water partition coefficient (Wildman–Crippen LogP) is 3.75. The van der Waals surface area contributed by atoms with Gasteiger partial charge in [0.15, 0.2) is 0 Å². The smallest absolute Gasteiger partial charge is 0.240 e. The van der Waals surface area contributed by atoms with Crippen LogP contribution < -0.4 is 9.62 Å². The Hall–Kier alpha value is -1.89. The highest BCUT2D eigenvalue weighted by atomic mass is 32.2. The molecule has 0 saturated carbocycles. The van der Waals surface area contributed by atoms with Gasteiger partial charge in [-0.1, -0.05) is 18.2 Å². The number of hydrogen-bond donors (Lipinski definition) is 1. The van der Waals surface area contributed by atoms with E-state index in [0.29, 0.717) is 11.4 Å². The third-order valence-corrected chi connectivity index (χ3v) is 7.89. The molecule has 1 aliphatic heterocycles. The highest BCUT2D eigenvalue weighted by Crippen LogP contribution is 2.28. The van der Waals surface area contributed by atoms with Gasteiger partial charge in [-0.2, -0.15) is 0 Å². The van der Waals surface area contributed by atoms with Crippen molar-refractivity contribution in [2.24, 2.45) is 0 Å². The molecular weight excluding hydrogens is 394 g/mol. The second-order valence-corrected chi connectivity index (χ2v) is 10.5. The van der Waals surface area contributed by atoms with Gasteiger partial charge in [-0.15, -0.1) is 0 Å². The molecule has 0 bridgehead atoms. The Morgan fingerprint density at radius 2 is 1.60 bits per heavy atom. The van der Waals surface area contributed by atoms with Gasteiger partial charge in [-0.3, -0.25) is 4.90 Å². The van der Waals surface area contributed by atoms with E-state index in [1.54, 1.807) is 6.07 Å². The van der Waals surface area contributed by atoms with Crippen LogP contribution >= 0.6 is 0 Å². The highest BCUT2D eigenvalue weighted by Gasteiger charge is 2.26. The molecule has 30 heavy (non-hydrogen) atoms. The molecule has 0 aromatic heterocycles. The van der Waals surface area contributed by atoms with Gasteiger partial charge in [0.2, 0.25) is 10.0 Å². The van der Waals surface area contributed by atoms with Crippen LogP contribution in [0.4, 0.5) is 5.69 Å². The minimum Gasteiger partial charge on any atom is -0.378 e. The molecule has 1 saturated heterocycles. The Labute approximate surface area is 181 Å². The topological polar surface area (TPSA) is 52.7 Å². The van der Waals surface area contributed by atoms with Crippen LogP contribution in [0.5, 0.6) is 0 Å². The summed E-state index contributed by atoms with van der Waals surface area (Å²) in [5.74, 6) is 0. The van der Waals surface area contributed by atoms with Gasteiger partial charge in [0.1, 0.15) is 0 Å². The van der Waals surface area contributed by atoms with Crippen molar-refractivity contribution >= 4 is 15.7 Å². The molecule has 2 aliphatic rings. The average molecular weight is 428 g/mol. The average Bonchev–Trinajstić information content (AvgIpc) is 3.28. The summed E-state index contributed by atoms with van der Waals surface area (Å²) in [5, 5.41) is 0. The summed E-state index contributed by atoms with van der Waals surface area (Å²) in [6.45, 7) is 2.42. The first-order chi connectivity index (χ1) is 14.4. The molecule has 162 valence electrons. The van der Waals surface area contributed by atoms with Crippen molar-refractivity contribution in [2.75, 3.05) is 38.6 Å². The van der Waals surface area contributed by atoms with Gasteiger partial charge in [0.05, 0.1) is 4.90 Å². The van der Waals surface area contributed by atoms with Crippen LogP contribution in [0, 0.1) is 0 Å². The van der Waals surface area contributed by atoms with Crippen molar-refractivity contribution in [2.45, 2.75) is 49.5 Å². The number of nitrogens with zero attached hydrogens (tertiary/aromatic N) is 2. The molecule has 2 aromatic carbocycles. The largest absolute Gasteiger partial charge is 0.378 e. The van der Waals surface area contributed by atoms with Crippen LogP contribution in [0.1, 0.15) is 48.4 Å². The monoisotopic (exact) mass is 427 g/mol. The van der Waals surface area contributed by atoms with E-state index < -0.39 is 10.0 Å². The molecule has 1 heterocycles. The third kappa shape index (κ3) is 4.71. The van der Waals surface area contributed by atoms with Gasteiger partial charge in [-0.25, -0.2) is 13.1 Å². The fourth-order valence-corrected chi connectivity index (χ4v) is 5.74. The molecule has 0 amide bonds. The van der Waals surface area contributed by atoms with E-state index in [4.69, 9.17) is 0 Å². The van der Waals surface area contributed by atoms with Crippen LogP contribution in [-0.4, -0.2) is 47.0 Å². The first kappa shape index (κ1) is 21.3. The Bertz CT molecular complexity index is 964. The zero-order valence-corrected chi connectivity index (χ0v) is 18.9. The number of rotatable bonds is 7. The zero-order chi connectivity index (χ0) is 21.1. The first-order valence-electron chi connectivity index (χ1n) is 11.1. The number of hydrogen-bond acceptors (Lipinski definition) is 4. The number of anilines is 1. The number of likely N-dealkylation sites (tertiary alicyclic amines) is 1. The SMILES string of the molecule is CN(C)c1ccc(C(CNS(=O)(=O)c2ccc3c(c2)CCCC3)N2CCCC2)cc1.